The van der Waals surface area contributed by atoms with E-state index < -0.39 is 0 Å². The molecule has 1 aliphatic heterocycles. The van der Waals surface area contributed by atoms with Crippen LogP contribution in [0.3, 0.4) is 0 Å². The Kier molecular flexibility index (Phi) is 5.68. The number of hydrogen-bond acceptors (Lipinski definition) is 3. The highest BCUT2D eigenvalue weighted by molar-refractivity contribution is 6.32. The number of nitrogens with zero attached hydrogens (tertiary/aromatic N) is 1. The van der Waals surface area contributed by atoms with E-state index in [1.807, 2.05) is 23.1 Å². The Morgan fingerprint density at radius 3 is 2.80 bits per heavy atom. The fraction of sp³-hybridized carbons (Fsp3) is 0.533. The summed E-state index contributed by atoms with van der Waals surface area (Å²) < 4.78 is 5.53. The third-order valence-corrected chi connectivity index (χ3v) is 3.58. The van der Waals surface area contributed by atoms with Gasteiger partial charge in [-0.2, -0.15) is 0 Å². The largest absolute Gasteiger partial charge is 0.492 e. The molecule has 2 rings (SSSR count). The highest BCUT2D eigenvalue weighted by atomic mass is 35.5. The molecular weight excluding hydrogens is 276 g/mol. The maximum absolute atomic E-state index is 12.2. The number of rotatable bonds is 5. The predicted molar refractivity (Wildman–Crippen MR) is 80.4 cm³/mol. The minimum Gasteiger partial charge on any atom is -0.492 e. The summed E-state index contributed by atoms with van der Waals surface area (Å²) >= 11 is 6.17. The van der Waals surface area contributed by atoms with Crippen LogP contribution in [-0.2, 0) is 11.2 Å². The lowest BCUT2D eigenvalue weighted by atomic mass is 10.1. The fourth-order valence-corrected chi connectivity index (χ4v) is 2.44. The van der Waals surface area contributed by atoms with Crippen LogP contribution in [-0.4, -0.2) is 43.6 Å². The van der Waals surface area contributed by atoms with Gasteiger partial charge < -0.3 is 15.0 Å². The minimum absolute atomic E-state index is 0.157. The Morgan fingerprint density at radius 1 is 1.40 bits per heavy atom. The molecule has 110 valence electrons. The minimum atomic E-state index is 0.157. The lowest BCUT2D eigenvalue weighted by molar-refractivity contribution is -0.131. The summed E-state index contributed by atoms with van der Waals surface area (Å²) in [6.45, 7) is 6.01. The molecule has 1 N–H and O–H groups in total. The molecule has 0 unspecified atom stereocenters. The molecule has 1 heterocycles. The zero-order chi connectivity index (χ0) is 14.4. The molecule has 0 spiro atoms. The summed E-state index contributed by atoms with van der Waals surface area (Å²) in [6.07, 6.45) is 1.34. The summed E-state index contributed by atoms with van der Waals surface area (Å²) in [7, 11) is 0. The number of hydrogen-bond donors (Lipinski definition) is 1. The van der Waals surface area contributed by atoms with E-state index >= 15 is 0 Å². The van der Waals surface area contributed by atoms with E-state index in [1.165, 1.54) is 0 Å². The lowest BCUT2D eigenvalue weighted by Crippen LogP contribution is -2.46. The molecule has 0 atom stereocenters. The van der Waals surface area contributed by atoms with Crippen molar-refractivity contribution in [2.24, 2.45) is 0 Å². The maximum Gasteiger partial charge on any atom is 0.227 e. The summed E-state index contributed by atoms with van der Waals surface area (Å²) in [5, 5.41) is 3.81. The first-order valence-corrected chi connectivity index (χ1v) is 7.48. The van der Waals surface area contributed by atoms with Crippen molar-refractivity contribution >= 4 is 17.5 Å². The molecule has 1 fully saturated rings. The first-order chi connectivity index (χ1) is 9.70. The zero-order valence-electron chi connectivity index (χ0n) is 11.8. The zero-order valence-corrected chi connectivity index (χ0v) is 12.6. The van der Waals surface area contributed by atoms with Gasteiger partial charge in [-0.25, -0.2) is 0 Å². The van der Waals surface area contributed by atoms with Crippen LogP contribution < -0.4 is 10.1 Å². The molecule has 0 aliphatic carbocycles. The molecule has 1 aliphatic rings. The van der Waals surface area contributed by atoms with Crippen LogP contribution in [0.15, 0.2) is 18.2 Å². The van der Waals surface area contributed by atoms with E-state index in [0.29, 0.717) is 23.8 Å². The summed E-state index contributed by atoms with van der Waals surface area (Å²) in [6, 6.07) is 5.59. The second-order valence-corrected chi connectivity index (χ2v) is 5.33. The van der Waals surface area contributed by atoms with Gasteiger partial charge in [0.25, 0.3) is 0 Å². The quantitative estimate of drug-likeness (QED) is 0.905. The smallest absolute Gasteiger partial charge is 0.227 e. The predicted octanol–water partition coefficient (Wildman–Crippen LogP) is 2.10. The van der Waals surface area contributed by atoms with Gasteiger partial charge in [0, 0.05) is 26.2 Å². The number of benzene rings is 1. The molecule has 1 saturated heterocycles. The third-order valence-electron chi connectivity index (χ3n) is 3.28. The van der Waals surface area contributed by atoms with Crippen molar-refractivity contribution in [1.82, 2.24) is 10.2 Å². The molecule has 20 heavy (non-hydrogen) atoms. The second kappa shape index (κ2) is 7.50. The van der Waals surface area contributed by atoms with E-state index in [9.17, 15) is 4.79 Å². The molecule has 1 aromatic carbocycles. The second-order valence-electron chi connectivity index (χ2n) is 4.92. The highest BCUT2D eigenvalue weighted by Gasteiger charge is 2.16. The molecular formula is C15H21ClN2O2. The normalized spacial score (nSPS) is 15.2. The van der Waals surface area contributed by atoms with Gasteiger partial charge in [0.05, 0.1) is 18.1 Å². The van der Waals surface area contributed by atoms with Crippen molar-refractivity contribution < 1.29 is 9.53 Å². The van der Waals surface area contributed by atoms with Gasteiger partial charge in [0.15, 0.2) is 0 Å². The van der Waals surface area contributed by atoms with Gasteiger partial charge in [0.1, 0.15) is 5.75 Å². The number of carbonyl (C=O) groups excluding carboxylic acids is 1. The van der Waals surface area contributed by atoms with Gasteiger partial charge in [-0.3, -0.25) is 4.79 Å². The van der Waals surface area contributed by atoms with Crippen LogP contribution >= 0.6 is 11.6 Å². The van der Waals surface area contributed by atoms with Crippen molar-refractivity contribution in [2.75, 3.05) is 32.8 Å². The molecule has 0 bridgehead atoms. The van der Waals surface area contributed by atoms with Crippen LogP contribution in [0.1, 0.15) is 18.9 Å². The van der Waals surface area contributed by atoms with Crippen molar-refractivity contribution in [2.45, 2.75) is 19.8 Å². The molecule has 0 saturated carbocycles. The standard InChI is InChI=1S/C15H21ClN2O2/c1-2-9-20-14-4-3-12(10-13(14)16)11-15(19)18-7-5-17-6-8-18/h3-4,10,17H,2,5-9,11H2,1H3. The number of nitrogens with one attached hydrogen (secondary N) is 1. The molecule has 5 heteroatoms. The number of amides is 1. The van der Waals surface area contributed by atoms with Crippen molar-refractivity contribution in [3.63, 3.8) is 0 Å². The molecule has 1 aromatic rings. The van der Waals surface area contributed by atoms with Gasteiger partial charge in [-0.1, -0.05) is 24.6 Å². The van der Waals surface area contributed by atoms with Crippen molar-refractivity contribution in [3.05, 3.63) is 28.8 Å². The Balaban J connectivity index is 1.95. The van der Waals surface area contributed by atoms with Crippen LogP contribution in [0.4, 0.5) is 0 Å². The summed E-state index contributed by atoms with van der Waals surface area (Å²) in [5.74, 6) is 0.844. The van der Waals surface area contributed by atoms with E-state index in [4.69, 9.17) is 16.3 Å². The average molecular weight is 297 g/mol. The van der Waals surface area contributed by atoms with Crippen LogP contribution in [0, 0.1) is 0 Å². The SMILES string of the molecule is CCCOc1ccc(CC(=O)N2CCNCC2)cc1Cl. The Labute approximate surface area is 125 Å². The lowest BCUT2D eigenvalue weighted by Gasteiger charge is -2.27. The molecule has 4 nitrogen and oxygen atoms in total. The Morgan fingerprint density at radius 2 is 2.15 bits per heavy atom. The van der Waals surface area contributed by atoms with Crippen LogP contribution in [0.25, 0.3) is 0 Å². The Hall–Kier alpha value is -1.26. The van der Waals surface area contributed by atoms with Crippen LogP contribution in [0.5, 0.6) is 5.75 Å². The average Bonchev–Trinajstić information content (AvgIpc) is 2.47. The molecule has 0 aromatic heterocycles. The van der Waals surface area contributed by atoms with Gasteiger partial charge >= 0.3 is 0 Å². The molecule has 1 amide bonds. The first-order valence-electron chi connectivity index (χ1n) is 7.10. The Bertz CT molecular complexity index is 459. The van der Waals surface area contributed by atoms with E-state index in [-0.39, 0.29) is 5.91 Å². The molecule has 0 radical (unpaired) electrons. The fourth-order valence-electron chi connectivity index (χ4n) is 2.18. The van der Waals surface area contributed by atoms with E-state index in [2.05, 4.69) is 12.2 Å². The van der Waals surface area contributed by atoms with E-state index in [0.717, 1.165) is 38.2 Å². The number of ether oxygens (including phenoxy) is 1. The number of carbonyl (C=O) groups is 1. The number of piperazine rings is 1. The summed E-state index contributed by atoms with van der Waals surface area (Å²) in [4.78, 5) is 14.1. The monoisotopic (exact) mass is 296 g/mol. The van der Waals surface area contributed by atoms with Gasteiger partial charge in [-0.15, -0.1) is 0 Å². The number of halogens is 1. The van der Waals surface area contributed by atoms with Crippen molar-refractivity contribution in [3.8, 4) is 5.75 Å². The highest BCUT2D eigenvalue weighted by Crippen LogP contribution is 2.26. The van der Waals surface area contributed by atoms with E-state index in [1.54, 1.807) is 0 Å². The maximum atomic E-state index is 12.2. The van der Waals surface area contributed by atoms with Crippen LogP contribution in [0.2, 0.25) is 5.02 Å². The van der Waals surface area contributed by atoms with Gasteiger partial charge in [0.2, 0.25) is 5.91 Å². The van der Waals surface area contributed by atoms with Crippen molar-refractivity contribution in [1.29, 1.82) is 0 Å². The summed E-state index contributed by atoms with van der Waals surface area (Å²) in [5.41, 5.74) is 0.933. The first kappa shape index (κ1) is 15.1. The third kappa shape index (κ3) is 4.12. The topological polar surface area (TPSA) is 41.6 Å². The van der Waals surface area contributed by atoms with Gasteiger partial charge in [-0.05, 0) is 24.1 Å².